The van der Waals surface area contributed by atoms with Crippen molar-refractivity contribution < 1.29 is 37.3 Å². The molecule has 3 unspecified atom stereocenters. The zero-order valence-corrected chi connectivity index (χ0v) is 45.1. The predicted octanol–water partition coefficient (Wildman–Crippen LogP) is 16.4. The molecule has 66 heavy (non-hydrogen) atoms. The number of phosphoric ester groups is 1. The van der Waals surface area contributed by atoms with E-state index in [1.807, 2.05) is 33.3 Å². The first kappa shape index (κ1) is 64.2. The third-order valence-electron chi connectivity index (χ3n) is 12.4. The Hall–Kier alpha value is -1.77. The van der Waals surface area contributed by atoms with E-state index in [9.17, 15) is 19.0 Å². The predicted molar refractivity (Wildman–Crippen MR) is 282 cm³/mol. The van der Waals surface area contributed by atoms with Crippen LogP contribution in [0.1, 0.15) is 258 Å². The fraction of sp³-hybridized carbons (Fsp3) is 0.857. The molecule has 0 aromatic heterocycles. The van der Waals surface area contributed by atoms with Crippen LogP contribution >= 0.6 is 7.82 Å². The Bertz CT molecular complexity index is 1230. The number of rotatable bonds is 50. The Morgan fingerprint density at radius 3 is 1.35 bits per heavy atom. The van der Waals surface area contributed by atoms with Crippen molar-refractivity contribution in [2.24, 2.45) is 0 Å². The van der Waals surface area contributed by atoms with E-state index >= 15 is 0 Å². The monoisotopic (exact) mass is 952 g/mol. The Labute approximate surface area is 408 Å². The molecule has 0 radical (unpaired) electrons. The number of amides is 1. The van der Waals surface area contributed by atoms with Gasteiger partial charge in [-0.25, -0.2) is 4.57 Å². The first-order chi connectivity index (χ1) is 31.9. The van der Waals surface area contributed by atoms with Gasteiger partial charge in [0.2, 0.25) is 5.91 Å². The van der Waals surface area contributed by atoms with Crippen LogP contribution in [0.5, 0.6) is 0 Å². The Balaban J connectivity index is 5.42. The number of allylic oxidation sites excluding steroid dienone is 5. The minimum absolute atomic E-state index is 0.0370. The molecule has 0 aromatic rings. The number of ether oxygens (including phenoxy) is 1. The lowest BCUT2D eigenvalue weighted by Crippen LogP contribution is -2.47. The first-order valence-electron chi connectivity index (χ1n) is 27.8. The summed E-state index contributed by atoms with van der Waals surface area (Å²) in [7, 11) is 1.48. The molecule has 0 aliphatic carbocycles. The molecule has 2 N–H and O–H groups in total. The molecule has 0 saturated heterocycles. The summed E-state index contributed by atoms with van der Waals surface area (Å²) in [6.45, 7) is 6.98. The minimum atomic E-state index is -4.44. The molecule has 0 bridgehead atoms. The van der Waals surface area contributed by atoms with Crippen LogP contribution in [0.25, 0.3) is 0 Å². The second-order valence-corrected chi connectivity index (χ2v) is 21.6. The third kappa shape index (κ3) is 47.3. The molecule has 0 spiro atoms. The van der Waals surface area contributed by atoms with E-state index in [-0.39, 0.29) is 31.5 Å². The average Bonchev–Trinajstić information content (AvgIpc) is 3.27. The van der Waals surface area contributed by atoms with E-state index in [4.69, 9.17) is 13.8 Å². The van der Waals surface area contributed by atoms with Gasteiger partial charge in [0.1, 0.15) is 19.3 Å². The molecule has 0 aliphatic heterocycles. The maximum Gasteiger partial charge on any atom is 0.472 e. The van der Waals surface area contributed by atoms with Crippen molar-refractivity contribution in [2.75, 3.05) is 40.9 Å². The second-order valence-electron chi connectivity index (χ2n) is 20.1. The van der Waals surface area contributed by atoms with Gasteiger partial charge >= 0.3 is 13.8 Å². The summed E-state index contributed by atoms with van der Waals surface area (Å²) in [4.78, 5) is 37.5. The maximum atomic E-state index is 13.5. The molecule has 0 rings (SSSR count). The number of carbonyl (C=O) groups excluding carboxylic acids is 2. The minimum Gasteiger partial charge on any atom is -0.456 e. The maximum absolute atomic E-state index is 13.5. The van der Waals surface area contributed by atoms with Gasteiger partial charge in [-0.2, -0.15) is 0 Å². The molecule has 0 fully saturated rings. The van der Waals surface area contributed by atoms with E-state index in [0.29, 0.717) is 23.9 Å². The van der Waals surface area contributed by atoms with Gasteiger partial charge in [0.15, 0.2) is 0 Å². The summed E-state index contributed by atoms with van der Waals surface area (Å²) in [6.07, 6.45) is 54.2. The van der Waals surface area contributed by atoms with Gasteiger partial charge < -0.3 is 19.4 Å². The zero-order valence-electron chi connectivity index (χ0n) is 44.2. The SMILES string of the molecule is CCCCCCCCC/C=C/C=C/CCCCCC(=O)NC(COP(=O)(O)OCC[N+](C)(C)C)C(/C=C/CCCCCCCCCCCCC)OC(=O)CCCCCCCCCCCCC. The number of quaternary nitrogens is 1. The van der Waals surface area contributed by atoms with Gasteiger partial charge in [0, 0.05) is 12.8 Å². The summed E-state index contributed by atoms with van der Waals surface area (Å²) in [5.41, 5.74) is 0. The zero-order chi connectivity index (χ0) is 48.7. The van der Waals surface area contributed by atoms with Crippen LogP contribution in [-0.2, 0) is 27.9 Å². The molecule has 0 heterocycles. The second kappa shape index (κ2) is 46.9. The number of likely N-dealkylation sites (N-methyl/N-ethyl adjacent to an activating group) is 1. The smallest absolute Gasteiger partial charge is 0.456 e. The third-order valence-corrected chi connectivity index (χ3v) is 13.3. The van der Waals surface area contributed by atoms with Crippen molar-refractivity contribution in [3.8, 4) is 0 Å². The van der Waals surface area contributed by atoms with Crippen LogP contribution in [-0.4, -0.2) is 74.3 Å². The van der Waals surface area contributed by atoms with Crippen LogP contribution in [0.2, 0.25) is 0 Å². The summed E-state index contributed by atoms with van der Waals surface area (Å²) in [6, 6.07) is -0.856. The summed E-state index contributed by atoms with van der Waals surface area (Å²) >= 11 is 0. The van der Waals surface area contributed by atoms with Crippen molar-refractivity contribution in [3.63, 3.8) is 0 Å². The largest absolute Gasteiger partial charge is 0.472 e. The molecular formula is C56H108N2O7P+. The van der Waals surface area contributed by atoms with Crippen molar-refractivity contribution in [3.05, 3.63) is 36.5 Å². The van der Waals surface area contributed by atoms with Crippen LogP contribution in [0.15, 0.2) is 36.5 Å². The van der Waals surface area contributed by atoms with E-state index < -0.39 is 20.0 Å². The van der Waals surface area contributed by atoms with E-state index in [1.165, 1.54) is 154 Å². The molecule has 0 aliphatic rings. The Morgan fingerprint density at radius 2 is 0.909 bits per heavy atom. The van der Waals surface area contributed by atoms with Crippen molar-refractivity contribution in [2.45, 2.75) is 270 Å². The van der Waals surface area contributed by atoms with E-state index in [1.54, 1.807) is 0 Å². The number of esters is 1. The van der Waals surface area contributed by atoms with Crippen molar-refractivity contribution in [1.29, 1.82) is 0 Å². The Morgan fingerprint density at radius 1 is 0.530 bits per heavy atom. The highest BCUT2D eigenvalue weighted by atomic mass is 31.2. The highest BCUT2D eigenvalue weighted by Crippen LogP contribution is 2.43. The summed E-state index contributed by atoms with van der Waals surface area (Å²) < 4.78 is 30.5. The van der Waals surface area contributed by atoms with Gasteiger partial charge in [0.05, 0.1) is 33.8 Å². The molecule has 388 valence electrons. The molecular weight excluding hydrogens is 844 g/mol. The molecule has 3 atom stereocenters. The van der Waals surface area contributed by atoms with Gasteiger partial charge in [-0.3, -0.25) is 18.6 Å². The quantitative estimate of drug-likeness (QED) is 0.0156. The highest BCUT2D eigenvalue weighted by molar-refractivity contribution is 7.47. The number of nitrogens with one attached hydrogen (secondary N) is 1. The fourth-order valence-electron chi connectivity index (χ4n) is 7.99. The number of hydrogen-bond acceptors (Lipinski definition) is 6. The topological polar surface area (TPSA) is 111 Å². The molecule has 0 aromatic carbocycles. The average molecular weight is 952 g/mol. The number of carbonyl (C=O) groups is 2. The molecule has 0 saturated carbocycles. The summed E-state index contributed by atoms with van der Waals surface area (Å²) in [5.74, 6) is -0.530. The Kier molecular flexibility index (Phi) is 45.7. The van der Waals surface area contributed by atoms with E-state index in [0.717, 1.165) is 64.2 Å². The van der Waals surface area contributed by atoms with E-state index in [2.05, 4.69) is 50.4 Å². The van der Waals surface area contributed by atoms with Crippen LogP contribution in [0.3, 0.4) is 0 Å². The number of hydrogen-bond donors (Lipinski definition) is 2. The number of nitrogens with zero attached hydrogens (tertiary/aromatic N) is 1. The standard InChI is InChI=1S/C56H107N2O7P/c1-7-10-13-16-19-22-25-27-28-29-31-34-36-39-42-45-48-55(59)57-53(52-64-66(61,62)63-51-50-58(4,5)6)54(47-44-41-38-35-33-30-26-23-20-17-14-11-8-2)65-56(60)49-46-43-40-37-32-24-21-18-15-12-9-3/h28-29,31,34,44,47,53-54H,7-27,30,32-33,35-43,45-46,48-52H2,1-6H3,(H-,57,59,61,62)/p+1/b29-28+,34-31+,47-44+. The van der Waals surface area contributed by atoms with Crippen molar-refractivity contribution in [1.82, 2.24) is 5.32 Å². The summed E-state index contributed by atoms with van der Waals surface area (Å²) in [5, 5.41) is 3.03. The highest BCUT2D eigenvalue weighted by Gasteiger charge is 2.30. The lowest BCUT2D eigenvalue weighted by atomic mass is 10.0. The number of phosphoric acid groups is 1. The molecule has 10 heteroatoms. The fourth-order valence-corrected chi connectivity index (χ4v) is 8.73. The lowest BCUT2D eigenvalue weighted by Gasteiger charge is -2.27. The van der Waals surface area contributed by atoms with Gasteiger partial charge in [-0.05, 0) is 57.4 Å². The normalized spacial score (nSPS) is 14.1. The molecule has 9 nitrogen and oxygen atoms in total. The van der Waals surface area contributed by atoms with Gasteiger partial charge in [0.25, 0.3) is 0 Å². The van der Waals surface area contributed by atoms with Crippen LogP contribution < -0.4 is 5.32 Å². The van der Waals surface area contributed by atoms with Crippen LogP contribution in [0, 0.1) is 0 Å². The van der Waals surface area contributed by atoms with Gasteiger partial charge in [-0.15, -0.1) is 0 Å². The first-order valence-corrected chi connectivity index (χ1v) is 29.3. The van der Waals surface area contributed by atoms with Gasteiger partial charge in [-0.1, -0.05) is 225 Å². The lowest BCUT2D eigenvalue weighted by molar-refractivity contribution is -0.870. The van der Waals surface area contributed by atoms with Crippen LogP contribution in [0.4, 0.5) is 0 Å². The van der Waals surface area contributed by atoms with Crippen molar-refractivity contribution >= 4 is 19.7 Å². The molecule has 1 amide bonds. The number of unbranched alkanes of at least 4 members (excludes halogenated alkanes) is 31.